The minimum absolute atomic E-state index is 0.102. The van der Waals surface area contributed by atoms with Crippen molar-refractivity contribution in [3.05, 3.63) is 5.21 Å². The fourth-order valence-electron chi connectivity index (χ4n) is 1.07. The first-order chi connectivity index (χ1) is 4.63. The lowest BCUT2D eigenvalue weighted by Gasteiger charge is -2.37. The molecule has 0 amide bonds. The molecular formula is C7H17N2O-. The van der Waals surface area contributed by atoms with E-state index in [1.807, 2.05) is 6.92 Å². The van der Waals surface area contributed by atoms with E-state index in [1.165, 1.54) is 0 Å². The number of hydrazine groups is 1. The van der Waals surface area contributed by atoms with Gasteiger partial charge in [-0.25, -0.2) is 0 Å². The predicted octanol–water partition coefficient (Wildman–Crippen LogP) is 1.36. The smallest absolute Gasteiger partial charge is 0.0128 e. The molecule has 0 aliphatic heterocycles. The molecule has 1 N–H and O–H groups in total. The number of rotatable bonds is 4. The number of hydrogen-bond acceptors (Lipinski definition) is 3. The summed E-state index contributed by atoms with van der Waals surface area (Å²) in [4.78, 5) is 0. The largest absolute Gasteiger partial charge is 0.771 e. The molecule has 0 aromatic rings. The molecule has 1 atom stereocenters. The van der Waals surface area contributed by atoms with E-state index < -0.39 is 0 Å². The van der Waals surface area contributed by atoms with Crippen LogP contribution in [0, 0.1) is 11.1 Å². The molecule has 0 aliphatic rings. The van der Waals surface area contributed by atoms with Gasteiger partial charge in [0, 0.05) is 6.04 Å². The maximum Gasteiger partial charge on any atom is 0.0128 e. The first kappa shape index (κ1) is 9.88. The molecule has 0 spiro atoms. The minimum atomic E-state index is 0.102. The summed E-state index contributed by atoms with van der Waals surface area (Å²) >= 11 is 0. The van der Waals surface area contributed by atoms with Crippen LogP contribution in [-0.2, 0) is 0 Å². The van der Waals surface area contributed by atoms with Gasteiger partial charge in [0.25, 0.3) is 0 Å². The third-order valence-corrected chi connectivity index (χ3v) is 1.71. The Morgan fingerprint density at radius 2 is 2.00 bits per heavy atom. The van der Waals surface area contributed by atoms with Crippen molar-refractivity contribution in [3.8, 4) is 0 Å². The van der Waals surface area contributed by atoms with E-state index in [0.29, 0.717) is 5.92 Å². The normalized spacial score (nSPS) is 14.7. The van der Waals surface area contributed by atoms with E-state index in [9.17, 15) is 5.21 Å². The van der Waals surface area contributed by atoms with Crippen LogP contribution in [0.4, 0.5) is 0 Å². The van der Waals surface area contributed by atoms with Crippen molar-refractivity contribution in [1.82, 2.24) is 10.6 Å². The Balaban J connectivity index is 3.80. The highest BCUT2D eigenvalue weighted by molar-refractivity contribution is 4.69. The van der Waals surface area contributed by atoms with Gasteiger partial charge >= 0.3 is 0 Å². The van der Waals surface area contributed by atoms with Gasteiger partial charge in [-0.1, -0.05) is 20.8 Å². The average molecular weight is 145 g/mol. The first-order valence-electron chi connectivity index (χ1n) is 3.77. The van der Waals surface area contributed by atoms with E-state index in [2.05, 4.69) is 19.3 Å². The fraction of sp³-hybridized carbons (Fsp3) is 1.00. The van der Waals surface area contributed by atoms with Gasteiger partial charge in [-0.05, 0) is 19.4 Å². The van der Waals surface area contributed by atoms with Crippen molar-refractivity contribution in [1.29, 1.82) is 0 Å². The molecule has 0 aromatic carbocycles. The summed E-state index contributed by atoms with van der Waals surface area (Å²) in [6.07, 6.45) is 0.891. The SMILES string of the molecule is CC[C@@H](C(C)C)N([O-])NC. The van der Waals surface area contributed by atoms with Crippen molar-refractivity contribution in [2.24, 2.45) is 5.92 Å². The van der Waals surface area contributed by atoms with Crippen LogP contribution < -0.4 is 5.43 Å². The number of nitrogens with one attached hydrogen (secondary N) is 1. The number of hydrogen-bond donors (Lipinski definition) is 1. The molecule has 0 fully saturated rings. The van der Waals surface area contributed by atoms with Crippen molar-refractivity contribution < 1.29 is 0 Å². The summed E-state index contributed by atoms with van der Waals surface area (Å²) in [5.41, 5.74) is 2.58. The highest BCUT2D eigenvalue weighted by Crippen LogP contribution is 2.10. The highest BCUT2D eigenvalue weighted by atomic mass is 16.5. The van der Waals surface area contributed by atoms with Crippen molar-refractivity contribution >= 4 is 0 Å². The molecule has 0 bridgehead atoms. The van der Waals surface area contributed by atoms with Crippen LogP contribution in [0.1, 0.15) is 27.2 Å². The summed E-state index contributed by atoms with van der Waals surface area (Å²) in [6, 6.07) is 0.102. The summed E-state index contributed by atoms with van der Waals surface area (Å²) in [6.45, 7) is 6.12. The van der Waals surface area contributed by atoms with Crippen LogP contribution in [0.15, 0.2) is 0 Å². The topological polar surface area (TPSA) is 38.3 Å². The minimum Gasteiger partial charge on any atom is -0.771 e. The van der Waals surface area contributed by atoms with E-state index in [1.54, 1.807) is 7.05 Å². The molecule has 0 unspecified atom stereocenters. The fourth-order valence-corrected chi connectivity index (χ4v) is 1.07. The lowest BCUT2D eigenvalue weighted by atomic mass is 10.0. The third-order valence-electron chi connectivity index (χ3n) is 1.71. The Kier molecular flexibility index (Phi) is 4.60. The van der Waals surface area contributed by atoms with E-state index >= 15 is 0 Å². The predicted molar refractivity (Wildman–Crippen MR) is 43.2 cm³/mol. The Morgan fingerprint density at radius 3 is 2.10 bits per heavy atom. The lowest BCUT2D eigenvalue weighted by molar-refractivity contribution is 0.165. The zero-order chi connectivity index (χ0) is 8.15. The third kappa shape index (κ3) is 2.64. The van der Waals surface area contributed by atoms with Gasteiger partial charge in [-0.2, -0.15) is 0 Å². The molecule has 0 aliphatic carbocycles. The van der Waals surface area contributed by atoms with Crippen LogP contribution >= 0.6 is 0 Å². The summed E-state index contributed by atoms with van der Waals surface area (Å²) in [5.74, 6) is 0.412. The maximum atomic E-state index is 11.0. The Labute approximate surface area is 63.0 Å². The van der Waals surface area contributed by atoms with Crippen LogP contribution in [0.2, 0.25) is 0 Å². The first-order valence-corrected chi connectivity index (χ1v) is 3.77. The Morgan fingerprint density at radius 1 is 1.50 bits per heavy atom. The van der Waals surface area contributed by atoms with Gasteiger partial charge in [-0.15, -0.1) is 0 Å². The van der Waals surface area contributed by atoms with Gasteiger partial charge in [0.2, 0.25) is 0 Å². The molecule has 0 rings (SSSR count). The molecule has 0 saturated heterocycles. The summed E-state index contributed by atoms with van der Waals surface area (Å²) in [5, 5.41) is 11.9. The molecule has 10 heavy (non-hydrogen) atoms. The standard InChI is InChI=1S/C7H17N2O/c1-5-7(6(2)3)9(10)8-4/h6-8H,5H2,1-4H3/q-1/t7-/m0/s1. The van der Waals surface area contributed by atoms with Gasteiger partial charge in [0.1, 0.15) is 0 Å². The monoisotopic (exact) mass is 145 g/mol. The summed E-state index contributed by atoms with van der Waals surface area (Å²) < 4.78 is 0. The second-order valence-electron chi connectivity index (χ2n) is 2.77. The van der Waals surface area contributed by atoms with Crippen LogP contribution in [0.3, 0.4) is 0 Å². The van der Waals surface area contributed by atoms with Crippen LogP contribution in [0.5, 0.6) is 0 Å². The van der Waals surface area contributed by atoms with Crippen molar-refractivity contribution in [3.63, 3.8) is 0 Å². The molecule has 0 aromatic heterocycles. The quantitative estimate of drug-likeness (QED) is 0.607. The van der Waals surface area contributed by atoms with E-state index in [4.69, 9.17) is 0 Å². The van der Waals surface area contributed by atoms with E-state index in [-0.39, 0.29) is 6.04 Å². The van der Waals surface area contributed by atoms with Gasteiger partial charge in [0.05, 0.1) is 0 Å². The zero-order valence-electron chi connectivity index (χ0n) is 7.22. The molecular weight excluding hydrogens is 128 g/mol. The number of hydroxylamine groups is 1. The molecule has 3 heteroatoms. The Hall–Kier alpha value is -0.120. The van der Waals surface area contributed by atoms with Gasteiger partial charge in [-0.3, -0.25) is 5.43 Å². The Bertz CT molecular complexity index is 85.7. The molecule has 0 saturated carbocycles. The van der Waals surface area contributed by atoms with Crippen molar-refractivity contribution in [2.45, 2.75) is 33.2 Å². The van der Waals surface area contributed by atoms with Gasteiger partial charge in [0.15, 0.2) is 0 Å². The summed E-state index contributed by atoms with van der Waals surface area (Å²) in [7, 11) is 1.65. The molecule has 62 valence electrons. The molecule has 0 radical (unpaired) electrons. The van der Waals surface area contributed by atoms with Crippen molar-refractivity contribution in [2.75, 3.05) is 7.05 Å². The second-order valence-corrected chi connectivity index (χ2v) is 2.77. The average Bonchev–Trinajstić information content (AvgIpc) is 1.88. The van der Waals surface area contributed by atoms with Crippen LogP contribution in [-0.4, -0.2) is 18.3 Å². The second kappa shape index (κ2) is 4.66. The number of nitrogens with zero attached hydrogens (tertiary/aromatic N) is 1. The van der Waals surface area contributed by atoms with Gasteiger partial charge < -0.3 is 10.4 Å². The maximum absolute atomic E-state index is 11.0. The lowest BCUT2D eigenvalue weighted by Crippen LogP contribution is -2.41. The highest BCUT2D eigenvalue weighted by Gasteiger charge is 2.10. The van der Waals surface area contributed by atoms with E-state index in [0.717, 1.165) is 11.6 Å². The zero-order valence-corrected chi connectivity index (χ0v) is 7.22. The van der Waals surface area contributed by atoms with Crippen LogP contribution in [0.25, 0.3) is 0 Å². The molecule has 0 heterocycles. The molecule has 3 nitrogen and oxygen atoms in total.